The largest absolute Gasteiger partial charge is 0.383 e. The van der Waals surface area contributed by atoms with Crippen LogP contribution in [0.25, 0.3) is 0 Å². The summed E-state index contributed by atoms with van der Waals surface area (Å²) in [4.78, 5) is 2.62. The van der Waals surface area contributed by atoms with Gasteiger partial charge in [-0.25, -0.2) is 0 Å². The number of rotatable bonds is 9. The Kier molecular flexibility index (Phi) is 6.86. The molecule has 1 aliphatic carbocycles. The van der Waals surface area contributed by atoms with E-state index in [1.54, 1.807) is 7.11 Å². The van der Waals surface area contributed by atoms with Gasteiger partial charge in [0.05, 0.1) is 6.61 Å². The van der Waals surface area contributed by atoms with Gasteiger partial charge >= 0.3 is 0 Å². The molecule has 1 saturated carbocycles. The van der Waals surface area contributed by atoms with Gasteiger partial charge in [0.1, 0.15) is 0 Å². The summed E-state index contributed by atoms with van der Waals surface area (Å²) in [5.74, 6) is 0.812. The summed E-state index contributed by atoms with van der Waals surface area (Å²) in [7, 11) is 1.79. The molecule has 0 amide bonds. The SMILES string of the molecule is CCCC(CBr)CN(CCOC)C1CC1. The summed E-state index contributed by atoms with van der Waals surface area (Å²) >= 11 is 3.63. The zero-order valence-corrected chi connectivity index (χ0v) is 11.6. The van der Waals surface area contributed by atoms with Gasteiger partial charge in [0.25, 0.3) is 0 Å². The van der Waals surface area contributed by atoms with Crippen molar-refractivity contribution in [3.63, 3.8) is 0 Å². The molecule has 0 spiro atoms. The van der Waals surface area contributed by atoms with Crippen LogP contribution >= 0.6 is 15.9 Å². The van der Waals surface area contributed by atoms with Gasteiger partial charge in [0, 0.05) is 31.6 Å². The van der Waals surface area contributed by atoms with Crippen LogP contribution in [-0.2, 0) is 4.74 Å². The van der Waals surface area contributed by atoms with Gasteiger partial charge in [0.15, 0.2) is 0 Å². The summed E-state index contributed by atoms with van der Waals surface area (Å²) in [5.41, 5.74) is 0. The summed E-state index contributed by atoms with van der Waals surface area (Å²) in [6.45, 7) is 5.49. The number of alkyl halides is 1. The number of halogens is 1. The number of hydrogen-bond donors (Lipinski definition) is 0. The number of hydrogen-bond acceptors (Lipinski definition) is 2. The van der Waals surface area contributed by atoms with Crippen molar-refractivity contribution in [2.75, 3.05) is 32.1 Å². The smallest absolute Gasteiger partial charge is 0.0589 e. The van der Waals surface area contributed by atoms with Gasteiger partial charge < -0.3 is 4.74 Å². The van der Waals surface area contributed by atoms with E-state index in [1.807, 2.05) is 0 Å². The average molecular weight is 278 g/mol. The number of methoxy groups -OCH3 is 1. The highest BCUT2D eigenvalue weighted by molar-refractivity contribution is 9.09. The maximum atomic E-state index is 5.17. The Morgan fingerprint density at radius 3 is 2.67 bits per heavy atom. The fraction of sp³-hybridized carbons (Fsp3) is 1.00. The first-order valence-electron chi connectivity index (χ1n) is 6.10. The molecular weight excluding hydrogens is 254 g/mol. The van der Waals surface area contributed by atoms with E-state index in [2.05, 4.69) is 27.8 Å². The van der Waals surface area contributed by atoms with Crippen molar-refractivity contribution in [1.29, 1.82) is 0 Å². The Balaban J connectivity index is 2.27. The molecule has 3 heteroatoms. The van der Waals surface area contributed by atoms with Crippen molar-refractivity contribution in [3.8, 4) is 0 Å². The Hall–Kier alpha value is 0.400. The van der Waals surface area contributed by atoms with Gasteiger partial charge in [-0.3, -0.25) is 4.90 Å². The summed E-state index contributed by atoms with van der Waals surface area (Å²) in [6, 6.07) is 0.860. The molecule has 0 aromatic rings. The minimum Gasteiger partial charge on any atom is -0.383 e. The van der Waals surface area contributed by atoms with Crippen LogP contribution in [0.1, 0.15) is 32.6 Å². The lowest BCUT2D eigenvalue weighted by Gasteiger charge is -2.26. The second kappa shape index (κ2) is 7.64. The zero-order valence-electron chi connectivity index (χ0n) is 10.0. The molecule has 2 nitrogen and oxygen atoms in total. The zero-order chi connectivity index (χ0) is 11.1. The maximum absolute atomic E-state index is 5.17. The maximum Gasteiger partial charge on any atom is 0.0589 e. The van der Waals surface area contributed by atoms with E-state index >= 15 is 0 Å². The van der Waals surface area contributed by atoms with Crippen molar-refractivity contribution in [1.82, 2.24) is 4.90 Å². The second-order valence-corrected chi connectivity index (χ2v) is 5.18. The highest BCUT2D eigenvalue weighted by atomic mass is 79.9. The van der Waals surface area contributed by atoms with Crippen molar-refractivity contribution >= 4 is 15.9 Å². The van der Waals surface area contributed by atoms with Crippen LogP contribution in [-0.4, -0.2) is 43.1 Å². The minimum absolute atomic E-state index is 0.812. The molecule has 90 valence electrons. The highest BCUT2D eigenvalue weighted by Gasteiger charge is 2.29. The normalized spacial score (nSPS) is 18.4. The van der Waals surface area contributed by atoms with E-state index in [0.29, 0.717) is 0 Å². The summed E-state index contributed by atoms with van der Waals surface area (Å²) in [6.07, 6.45) is 5.41. The van der Waals surface area contributed by atoms with Crippen molar-refractivity contribution in [2.45, 2.75) is 38.6 Å². The van der Waals surface area contributed by atoms with Gasteiger partial charge in [-0.15, -0.1) is 0 Å². The monoisotopic (exact) mass is 277 g/mol. The third-order valence-electron chi connectivity index (χ3n) is 3.05. The highest BCUT2D eigenvalue weighted by Crippen LogP contribution is 2.28. The molecule has 1 rings (SSSR count). The van der Waals surface area contributed by atoms with Crippen LogP contribution in [0.2, 0.25) is 0 Å². The fourth-order valence-electron chi connectivity index (χ4n) is 2.03. The van der Waals surface area contributed by atoms with Crippen molar-refractivity contribution in [2.24, 2.45) is 5.92 Å². The van der Waals surface area contributed by atoms with Crippen LogP contribution in [0.15, 0.2) is 0 Å². The quantitative estimate of drug-likeness (QED) is 0.601. The molecule has 1 atom stereocenters. The second-order valence-electron chi connectivity index (χ2n) is 4.53. The van der Waals surface area contributed by atoms with Crippen LogP contribution in [0.3, 0.4) is 0 Å². The lowest BCUT2D eigenvalue weighted by atomic mass is 10.1. The Bertz CT molecular complexity index is 162. The lowest BCUT2D eigenvalue weighted by molar-refractivity contribution is 0.133. The van der Waals surface area contributed by atoms with Crippen LogP contribution in [0.5, 0.6) is 0 Å². The Morgan fingerprint density at radius 1 is 1.47 bits per heavy atom. The minimum atomic E-state index is 0.812. The van der Waals surface area contributed by atoms with Crippen LogP contribution in [0.4, 0.5) is 0 Å². The van der Waals surface area contributed by atoms with Gasteiger partial charge in [-0.05, 0) is 25.2 Å². The molecule has 0 radical (unpaired) electrons. The number of nitrogens with zero attached hydrogens (tertiary/aromatic N) is 1. The van der Waals surface area contributed by atoms with Gasteiger partial charge in [-0.2, -0.15) is 0 Å². The standard InChI is InChI=1S/C12H24BrNO/c1-3-4-11(9-13)10-14(7-8-15-2)12-5-6-12/h11-12H,3-10H2,1-2H3. The molecular formula is C12H24BrNO. The number of ether oxygens (including phenoxy) is 1. The lowest BCUT2D eigenvalue weighted by Crippen LogP contribution is -2.34. The molecule has 0 aromatic heterocycles. The van der Waals surface area contributed by atoms with Crippen molar-refractivity contribution in [3.05, 3.63) is 0 Å². The van der Waals surface area contributed by atoms with Gasteiger partial charge in [0.2, 0.25) is 0 Å². The predicted molar refractivity (Wildman–Crippen MR) is 68.7 cm³/mol. The van der Waals surface area contributed by atoms with E-state index in [-0.39, 0.29) is 0 Å². The molecule has 15 heavy (non-hydrogen) atoms. The Morgan fingerprint density at radius 2 is 2.20 bits per heavy atom. The molecule has 1 fully saturated rings. The Labute approximate surface area is 102 Å². The van der Waals surface area contributed by atoms with E-state index in [0.717, 1.165) is 30.4 Å². The molecule has 0 bridgehead atoms. The third kappa shape index (κ3) is 5.32. The third-order valence-corrected chi connectivity index (χ3v) is 3.97. The van der Waals surface area contributed by atoms with E-state index < -0.39 is 0 Å². The predicted octanol–water partition coefficient (Wildman–Crippen LogP) is 2.91. The first kappa shape index (κ1) is 13.5. The average Bonchev–Trinajstić information content (AvgIpc) is 3.06. The molecule has 0 N–H and O–H groups in total. The summed E-state index contributed by atoms with van der Waals surface area (Å²) < 4.78 is 5.17. The van der Waals surface area contributed by atoms with Gasteiger partial charge in [-0.1, -0.05) is 29.3 Å². The molecule has 0 aliphatic heterocycles. The molecule has 0 heterocycles. The van der Waals surface area contributed by atoms with Crippen LogP contribution in [0, 0.1) is 5.92 Å². The first-order chi connectivity index (χ1) is 7.31. The summed E-state index contributed by atoms with van der Waals surface area (Å²) in [5, 5.41) is 1.14. The van der Waals surface area contributed by atoms with E-state index in [1.165, 1.54) is 32.2 Å². The topological polar surface area (TPSA) is 12.5 Å². The molecule has 1 aliphatic rings. The molecule has 0 aromatic carbocycles. The van der Waals surface area contributed by atoms with E-state index in [4.69, 9.17) is 4.74 Å². The van der Waals surface area contributed by atoms with Crippen LogP contribution < -0.4 is 0 Å². The molecule has 0 saturated heterocycles. The fourth-order valence-corrected chi connectivity index (χ4v) is 2.56. The molecule has 1 unspecified atom stereocenters. The van der Waals surface area contributed by atoms with E-state index in [9.17, 15) is 0 Å². The first-order valence-corrected chi connectivity index (χ1v) is 7.22. The van der Waals surface area contributed by atoms with Crippen molar-refractivity contribution < 1.29 is 4.74 Å².